The van der Waals surface area contributed by atoms with Crippen LogP contribution in [0, 0.1) is 5.92 Å². The van der Waals surface area contributed by atoms with Crippen LogP contribution in [0.25, 0.3) is 0 Å². The van der Waals surface area contributed by atoms with Crippen LogP contribution >= 0.6 is 0 Å². The molecule has 0 aromatic heterocycles. The van der Waals surface area contributed by atoms with Gasteiger partial charge in [0.25, 0.3) is 0 Å². The van der Waals surface area contributed by atoms with Crippen LogP contribution in [-0.4, -0.2) is 44.3 Å². The standard InChI is InChI=1S/C11H24N2O/c1-11(14-3,6-7-12)10-5-4-8-13(2)9-10/h10H,4-9,12H2,1-3H3. The topological polar surface area (TPSA) is 38.5 Å². The van der Waals surface area contributed by atoms with Gasteiger partial charge >= 0.3 is 0 Å². The average Bonchev–Trinajstić information content (AvgIpc) is 2.18. The Kier molecular flexibility index (Phi) is 4.35. The lowest BCUT2D eigenvalue weighted by Gasteiger charge is -2.41. The second kappa shape index (κ2) is 5.10. The number of hydrogen-bond donors (Lipinski definition) is 1. The van der Waals surface area contributed by atoms with Crippen molar-refractivity contribution in [3.63, 3.8) is 0 Å². The van der Waals surface area contributed by atoms with Gasteiger partial charge in [0.05, 0.1) is 5.60 Å². The highest BCUT2D eigenvalue weighted by Crippen LogP contribution is 2.31. The van der Waals surface area contributed by atoms with Crippen molar-refractivity contribution in [2.75, 3.05) is 33.8 Å². The number of hydrogen-bond acceptors (Lipinski definition) is 3. The van der Waals surface area contributed by atoms with E-state index in [9.17, 15) is 0 Å². The van der Waals surface area contributed by atoms with Crippen LogP contribution in [0.1, 0.15) is 26.2 Å². The van der Waals surface area contributed by atoms with Gasteiger partial charge in [0, 0.05) is 19.6 Å². The molecule has 0 aromatic carbocycles. The number of rotatable bonds is 4. The third-order valence-corrected chi connectivity index (χ3v) is 3.60. The van der Waals surface area contributed by atoms with Gasteiger partial charge in [0.15, 0.2) is 0 Å². The summed E-state index contributed by atoms with van der Waals surface area (Å²) in [6.45, 7) is 5.28. The highest BCUT2D eigenvalue weighted by atomic mass is 16.5. The predicted octanol–water partition coefficient (Wildman–Crippen LogP) is 1.08. The fourth-order valence-electron chi connectivity index (χ4n) is 2.42. The van der Waals surface area contributed by atoms with E-state index in [0.29, 0.717) is 12.5 Å². The normalized spacial score (nSPS) is 28.7. The first-order valence-corrected chi connectivity index (χ1v) is 5.56. The highest BCUT2D eigenvalue weighted by molar-refractivity contribution is 4.88. The molecule has 1 aliphatic rings. The van der Waals surface area contributed by atoms with E-state index in [1.54, 1.807) is 0 Å². The van der Waals surface area contributed by atoms with Crippen molar-refractivity contribution >= 4 is 0 Å². The Hall–Kier alpha value is -0.120. The van der Waals surface area contributed by atoms with Crippen LogP contribution < -0.4 is 5.73 Å². The van der Waals surface area contributed by atoms with Crippen molar-refractivity contribution in [3.8, 4) is 0 Å². The Morgan fingerprint density at radius 3 is 2.79 bits per heavy atom. The lowest BCUT2D eigenvalue weighted by atomic mass is 9.80. The minimum atomic E-state index is -0.0244. The van der Waals surface area contributed by atoms with Gasteiger partial charge in [0.1, 0.15) is 0 Å². The maximum Gasteiger partial charge on any atom is 0.0703 e. The van der Waals surface area contributed by atoms with Crippen LogP contribution in [-0.2, 0) is 4.74 Å². The first-order chi connectivity index (χ1) is 6.62. The van der Waals surface area contributed by atoms with Crippen LogP contribution in [0.15, 0.2) is 0 Å². The Bertz CT molecular complexity index is 175. The fourth-order valence-corrected chi connectivity index (χ4v) is 2.42. The molecule has 0 spiro atoms. The number of methoxy groups -OCH3 is 1. The molecule has 0 aromatic rings. The van der Waals surface area contributed by atoms with Crippen molar-refractivity contribution in [1.29, 1.82) is 0 Å². The molecular weight excluding hydrogens is 176 g/mol. The molecule has 84 valence electrons. The maximum atomic E-state index is 5.66. The van der Waals surface area contributed by atoms with E-state index >= 15 is 0 Å². The van der Waals surface area contributed by atoms with E-state index < -0.39 is 0 Å². The Labute approximate surface area is 87.6 Å². The van der Waals surface area contributed by atoms with Gasteiger partial charge in [-0.05, 0) is 46.3 Å². The van der Waals surface area contributed by atoms with Crippen LogP contribution in [0.2, 0.25) is 0 Å². The minimum Gasteiger partial charge on any atom is -0.378 e. The summed E-state index contributed by atoms with van der Waals surface area (Å²) in [6, 6.07) is 0. The van der Waals surface area contributed by atoms with E-state index in [2.05, 4.69) is 18.9 Å². The minimum absolute atomic E-state index is 0.0244. The highest BCUT2D eigenvalue weighted by Gasteiger charge is 2.35. The summed E-state index contributed by atoms with van der Waals surface area (Å²) < 4.78 is 5.66. The summed E-state index contributed by atoms with van der Waals surface area (Å²) in [5.74, 6) is 0.634. The molecule has 0 bridgehead atoms. The molecule has 2 unspecified atom stereocenters. The molecule has 0 saturated carbocycles. The number of nitrogens with two attached hydrogens (primary N) is 1. The molecule has 1 rings (SSSR count). The zero-order valence-corrected chi connectivity index (χ0v) is 9.75. The molecule has 0 aliphatic carbocycles. The van der Waals surface area contributed by atoms with E-state index in [0.717, 1.165) is 13.0 Å². The smallest absolute Gasteiger partial charge is 0.0703 e. The van der Waals surface area contributed by atoms with Gasteiger partial charge < -0.3 is 15.4 Å². The second-order valence-electron chi connectivity index (χ2n) is 4.66. The SMILES string of the molecule is COC(C)(CCN)C1CCCN(C)C1. The summed E-state index contributed by atoms with van der Waals surface area (Å²) in [5, 5.41) is 0. The van der Waals surface area contributed by atoms with Crippen molar-refractivity contribution in [2.45, 2.75) is 31.8 Å². The summed E-state index contributed by atoms with van der Waals surface area (Å²) in [5.41, 5.74) is 5.61. The van der Waals surface area contributed by atoms with Gasteiger partial charge in [-0.2, -0.15) is 0 Å². The van der Waals surface area contributed by atoms with Crippen molar-refractivity contribution in [3.05, 3.63) is 0 Å². The number of nitrogens with zero attached hydrogens (tertiary/aromatic N) is 1. The van der Waals surface area contributed by atoms with E-state index in [-0.39, 0.29) is 5.60 Å². The predicted molar refractivity (Wildman–Crippen MR) is 59.3 cm³/mol. The average molecular weight is 200 g/mol. The quantitative estimate of drug-likeness (QED) is 0.738. The molecule has 1 saturated heterocycles. The first-order valence-electron chi connectivity index (χ1n) is 5.56. The number of ether oxygens (including phenoxy) is 1. The van der Waals surface area contributed by atoms with Gasteiger partial charge in [0.2, 0.25) is 0 Å². The number of likely N-dealkylation sites (tertiary alicyclic amines) is 1. The summed E-state index contributed by atoms with van der Waals surface area (Å²) >= 11 is 0. The van der Waals surface area contributed by atoms with Crippen LogP contribution in [0.4, 0.5) is 0 Å². The molecule has 1 heterocycles. The van der Waals surface area contributed by atoms with Gasteiger partial charge in [-0.1, -0.05) is 0 Å². The van der Waals surface area contributed by atoms with Gasteiger partial charge in [-0.15, -0.1) is 0 Å². The van der Waals surface area contributed by atoms with E-state index in [4.69, 9.17) is 10.5 Å². The summed E-state index contributed by atoms with van der Waals surface area (Å²) in [6.07, 6.45) is 3.52. The Morgan fingerprint density at radius 2 is 2.29 bits per heavy atom. The third kappa shape index (κ3) is 2.69. The lowest BCUT2D eigenvalue weighted by Crippen LogP contribution is -2.47. The van der Waals surface area contributed by atoms with Crippen LogP contribution in [0.3, 0.4) is 0 Å². The third-order valence-electron chi connectivity index (χ3n) is 3.60. The zero-order chi connectivity index (χ0) is 10.6. The molecule has 1 aliphatic heterocycles. The van der Waals surface area contributed by atoms with Crippen molar-refractivity contribution < 1.29 is 4.74 Å². The number of piperidine rings is 1. The summed E-state index contributed by atoms with van der Waals surface area (Å²) in [7, 11) is 3.99. The fraction of sp³-hybridized carbons (Fsp3) is 1.00. The van der Waals surface area contributed by atoms with Gasteiger partial charge in [-0.25, -0.2) is 0 Å². The first kappa shape index (κ1) is 12.0. The monoisotopic (exact) mass is 200 g/mol. The summed E-state index contributed by atoms with van der Waals surface area (Å²) in [4.78, 5) is 2.39. The molecule has 14 heavy (non-hydrogen) atoms. The molecule has 0 radical (unpaired) electrons. The molecule has 3 heteroatoms. The lowest BCUT2D eigenvalue weighted by molar-refractivity contribution is -0.0675. The molecule has 2 N–H and O–H groups in total. The van der Waals surface area contributed by atoms with Crippen LogP contribution in [0.5, 0.6) is 0 Å². The van der Waals surface area contributed by atoms with E-state index in [1.165, 1.54) is 19.4 Å². The second-order valence-corrected chi connectivity index (χ2v) is 4.66. The zero-order valence-electron chi connectivity index (χ0n) is 9.75. The largest absolute Gasteiger partial charge is 0.378 e. The molecule has 0 amide bonds. The van der Waals surface area contributed by atoms with Gasteiger partial charge in [-0.3, -0.25) is 0 Å². The molecular formula is C11H24N2O. The van der Waals surface area contributed by atoms with Crippen molar-refractivity contribution in [1.82, 2.24) is 4.90 Å². The molecule has 3 nitrogen and oxygen atoms in total. The Balaban J connectivity index is 2.58. The Morgan fingerprint density at radius 1 is 1.57 bits per heavy atom. The van der Waals surface area contributed by atoms with E-state index in [1.807, 2.05) is 7.11 Å². The maximum absolute atomic E-state index is 5.66. The van der Waals surface area contributed by atoms with Crippen molar-refractivity contribution in [2.24, 2.45) is 11.7 Å². The molecule has 1 fully saturated rings. The molecule has 2 atom stereocenters.